The van der Waals surface area contributed by atoms with Crippen molar-refractivity contribution >= 4 is 17.5 Å². The van der Waals surface area contributed by atoms with Gasteiger partial charge in [0.15, 0.2) is 0 Å². The number of nitrogens with zero attached hydrogens (tertiary/aromatic N) is 4. The van der Waals surface area contributed by atoms with Crippen molar-refractivity contribution in [2.75, 3.05) is 13.1 Å². The molecular formula is C31H25N5O3. The number of amides is 2. The van der Waals surface area contributed by atoms with E-state index in [4.69, 9.17) is 4.74 Å². The Morgan fingerprint density at radius 2 is 1.72 bits per heavy atom. The number of pyridine rings is 2. The van der Waals surface area contributed by atoms with E-state index in [1.165, 1.54) is 0 Å². The molecule has 0 spiro atoms. The highest BCUT2D eigenvalue weighted by Gasteiger charge is 2.57. The van der Waals surface area contributed by atoms with Crippen LogP contribution >= 0.6 is 0 Å². The topological polar surface area (TPSA) is 88.8 Å². The smallest absolute Gasteiger partial charge is 0.259 e. The maximum Gasteiger partial charge on any atom is 0.259 e. The van der Waals surface area contributed by atoms with Gasteiger partial charge in [0.25, 0.3) is 11.8 Å². The summed E-state index contributed by atoms with van der Waals surface area (Å²) in [4.78, 5) is 37.2. The highest BCUT2D eigenvalue weighted by atomic mass is 16.5. The summed E-state index contributed by atoms with van der Waals surface area (Å²) in [5.74, 6) is 1.20. The molecule has 2 aliphatic rings. The van der Waals surface area contributed by atoms with Crippen molar-refractivity contribution in [2.45, 2.75) is 6.04 Å². The van der Waals surface area contributed by atoms with Crippen LogP contribution in [-0.4, -0.2) is 50.2 Å². The molecule has 0 bridgehead atoms. The molecular weight excluding hydrogens is 490 g/mol. The molecule has 3 atom stereocenters. The Kier molecular flexibility index (Phi) is 5.58. The minimum Gasteiger partial charge on any atom is -0.438 e. The maximum atomic E-state index is 13.3. The number of likely N-dealkylation sites (tertiary alicyclic amines) is 1. The molecule has 1 saturated carbocycles. The van der Waals surface area contributed by atoms with Crippen molar-refractivity contribution in [1.82, 2.24) is 24.6 Å². The van der Waals surface area contributed by atoms with E-state index in [1.807, 2.05) is 94.5 Å². The third-order valence-electron chi connectivity index (χ3n) is 7.52. The lowest BCUT2D eigenvalue weighted by atomic mass is 10.1. The summed E-state index contributed by atoms with van der Waals surface area (Å²) in [5, 5.41) is 3.18. The van der Waals surface area contributed by atoms with Crippen LogP contribution in [0.4, 0.5) is 0 Å². The van der Waals surface area contributed by atoms with E-state index >= 15 is 0 Å². The van der Waals surface area contributed by atoms with E-state index in [0.29, 0.717) is 35.8 Å². The highest BCUT2D eigenvalue weighted by Crippen LogP contribution is 2.46. The second-order valence-electron chi connectivity index (χ2n) is 9.98. The van der Waals surface area contributed by atoms with E-state index in [0.717, 1.165) is 16.9 Å². The van der Waals surface area contributed by atoms with Crippen LogP contribution in [-0.2, 0) is 0 Å². The Bertz CT molecular complexity index is 1650. The van der Waals surface area contributed by atoms with Gasteiger partial charge in [-0.15, -0.1) is 0 Å². The number of fused-ring (bicyclic) bond motifs is 2. The van der Waals surface area contributed by atoms with E-state index in [2.05, 4.69) is 15.3 Å². The van der Waals surface area contributed by atoms with Crippen molar-refractivity contribution in [3.05, 3.63) is 115 Å². The van der Waals surface area contributed by atoms with Gasteiger partial charge in [0.05, 0.1) is 5.69 Å². The minimum atomic E-state index is -0.108. The van der Waals surface area contributed by atoms with Gasteiger partial charge in [0, 0.05) is 60.7 Å². The van der Waals surface area contributed by atoms with E-state index in [-0.39, 0.29) is 29.7 Å². The number of para-hydroxylation sites is 1. The zero-order chi connectivity index (χ0) is 26.3. The summed E-state index contributed by atoms with van der Waals surface area (Å²) in [6, 6.07) is 26.2. The van der Waals surface area contributed by atoms with Crippen molar-refractivity contribution in [3.63, 3.8) is 0 Å². The molecule has 192 valence electrons. The van der Waals surface area contributed by atoms with Gasteiger partial charge < -0.3 is 19.4 Å². The van der Waals surface area contributed by atoms with Crippen molar-refractivity contribution in [1.29, 1.82) is 0 Å². The van der Waals surface area contributed by atoms with Crippen molar-refractivity contribution < 1.29 is 14.3 Å². The van der Waals surface area contributed by atoms with Crippen LogP contribution in [0.2, 0.25) is 0 Å². The van der Waals surface area contributed by atoms with Crippen LogP contribution in [0.15, 0.2) is 104 Å². The molecule has 4 heterocycles. The molecule has 1 N–H and O–H groups in total. The van der Waals surface area contributed by atoms with Gasteiger partial charge >= 0.3 is 0 Å². The number of aromatic nitrogens is 3. The molecule has 1 saturated heterocycles. The van der Waals surface area contributed by atoms with Crippen LogP contribution < -0.4 is 10.1 Å². The number of piperidine rings is 1. The van der Waals surface area contributed by atoms with Gasteiger partial charge in [-0.2, -0.15) is 0 Å². The number of carbonyl (C=O) groups excluding carboxylic acids is 2. The van der Waals surface area contributed by atoms with Gasteiger partial charge in [-0.05, 0) is 48.5 Å². The van der Waals surface area contributed by atoms with Gasteiger partial charge in [0.2, 0.25) is 5.88 Å². The molecule has 1 aliphatic heterocycles. The average Bonchev–Trinajstić information content (AvgIpc) is 3.31. The highest BCUT2D eigenvalue weighted by molar-refractivity contribution is 5.97. The first kappa shape index (κ1) is 23.2. The lowest BCUT2D eigenvalue weighted by Gasteiger charge is -2.21. The van der Waals surface area contributed by atoms with Gasteiger partial charge in [-0.25, -0.2) is 9.97 Å². The first-order chi connectivity index (χ1) is 19.1. The third kappa shape index (κ3) is 4.40. The predicted octanol–water partition coefficient (Wildman–Crippen LogP) is 4.69. The maximum absolute atomic E-state index is 13.3. The number of nitrogens with one attached hydrogen (secondary N) is 1. The number of rotatable bonds is 6. The third-order valence-corrected chi connectivity index (χ3v) is 7.52. The summed E-state index contributed by atoms with van der Waals surface area (Å²) in [5.41, 5.74) is 3.60. The summed E-state index contributed by atoms with van der Waals surface area (Å²) >= 11 is 0. The van der Waals surface area contributed by atoms with Crippen LogP contribution in [0.5, 0.6) is 11.6 Å². The monoisotopic (exact) mass is 515 g/mol. The number of hydrogen-bond acceptors (Lipinski definition) is 5. The predicted molar refractivity (Wildman–Crippen MR) is 146 cm³/mol. The molecule has 1 unspecified atom stereocenters. The fraction of sp³-hybridized carbons (Fsp3) is 0.161. The molecule has 0 radical (unpaired) electrons. The normalized spacial score (nSPS) is 19.5. The zero-order valence-corrected chi connectivity index (χ0v) is 21.0. The largest absolute Gasteiger partial charge is 0.438 e. The van der Waals surface area contributed by atoms with E-state index in [1.54, 1.807) is 18.3 Å². The molecule has 3 aromatic heterocycles. The molecule has 8 heteroatoms. The fourth-order valence-corrected chi connectivity index (χ4v) is 5.44. The van der Waals surface area contributed by atoms with Gasteiger partial charge in [-0.3, -0.25) is 9.59 Å². The zero-order valence-electron chi connectivity index (χ0n) is 21.0. The van der Waals surface area contributed by atoms with E-state index in [9.17, 15) is 9.59 Å². The van der Waals surface area contributed by atoms with Crippen molar-refractivity contribution in [2.24, 2.45) is 11.8 Å². The Labute approximate surface area is 224 Å². The fourth-order valence-electron chi connectivity index (χ4n) is 5.44. The Morgan fingerprint density at radius 1 is 0.897 bits per heavy atom. The summed E-state index contributed by atoms with van der Waals surface area (Å²) in [7, 11) is 0. The first-order valence-electron chi connectivity index (χ1n) is 13.0. The van der Waals surface area contributed by atoms with E-state index < -0.39 is 0 Å². The summed E-state index contributed by atoms with van der Waals surface area (Å²) < 4.78 is 7.85. The standard InChI is InChI=1S/C31H25N5O3/c37-29(21-9-6-8-20(16-21)26-19-35-15-5-4-13-27(35)33-26)34-28-24-17-36(18-25(24)28)31(38)23-12-7-14-32-30(23)39-22-10-2-1-3-11-22/h1-16,19,24-25,28H,17-18H2,(H,34,37)/t24-,25+,28?. The number of carbonyl (C=O) groups is 2. The van der Waals surface area contributed by atoms with Crippen molar-refractivity contribution in [3.8, 4) is 22.9 Å². The Morgan fingerprint density at radius 3 is 2.54 bits per heavy atom. The lowest BCUT2D eigenvalue weighted by molar-refractivity contribution is 0.0766. The molecule has 1 aliphatic carbocycles. The molecule has 7 rings (SSSR count). The summed E-state index contributed by atoms with van der Waals surface area (Å²) in [6.45, 7) is 1.19. The quantitative estimate of drug-likeness (QED) is 0.355. The molecule has 8 nitrogen and oxygen atoms in total. The lowest BCUT2D eigenvalue weighted by Crippen LogP contribution is -2.37. The van der Waals surface area contributed by atoms with Crippen LogP contribution in [0, 0.1) is 11.8 Å². The number of hydrogen-bond donors (Lipinski definition) is 1. The second-order valence-corrected chi connectivity index (χ2v) is 9.98. The number of benzene rings is 2. The molecule has 5 aromatic rings. The first-order valence-corrected chi connectivity index (χ1v) is 13.0. The summed E-state index contributed by atoms with van der Waals surface area (Å²) in [6.07, 6.45) is 5.53. The molecule has 2 fully saturated rings. The minimum absolute atomic E-state index is 0.0642. The number of ether oxygens (including phenoxy) is 1. The Hall–Kier alpha value is -4.98. The Balaban J connectivity index is 0.995. The molecule has 2 aromatic carbocycles. The molecule has 39 heavy (non-hydrogen) atoms. The average molecular weight is 516 g/mol. The van der Waals surface area contributed by atoms with Gasteiger partial charge in [-0.1, -0.05) is 36.4 Å². The second kappa shape index (κ2) is 9.40. The number of imidazole rings is 1. The van der Waals surface area contributed by atoms with Crippen LogP contribution in [0.3, 0.4) is 0 Å². The van der Waals surface area contributed by atoms with Crippen LogP contribution in [0.25, 0.3) is 16.9 Å². The SMILES string of the molecule is O=C(NC1[C@H]2CN(C(=O)c3cccnc3Oc3ccccc3)C[C@@H]12)c1cccc(-c2cn3ccccc3n2)c1. The van der Waals surface area contributed by atoms with Crippen LogP contribution in [0.1, 0.15) is 20.7 Å². The van der Waals surface area contributed by atoms with Gasteiger partial charge in [0.1, 0.15) is 17.0 Å². The molecule has 2 amide bonds.